The fraction of sp³-hybridized carbons (Fsp3) is 0.400. The maximum Gasteiger partial charge on any atom is 0.120 e. The summed E-state index contributed by atoms with van der Waals surface area (Å²) in [5.41, 5.74) is -1.56. The van der Waals surface area contributed by atoms with Crippen LogP contribution in [-0.4, -0.2) is 29.2 Å². The Morgan fingerprint density at radius 3 is 2.41 bits per heavy atom. The van der Waals surface area contributed by atoms with Crippen molar-refractivity contribution in [1.82, 2.24) is 4.98 Å². The largest absolute Gasteiger partial charge is 0.383 e. The minimum atomic E-state index is -1.62. The Bertz CT molecular complexity index is 590. The van der Waals surface area contributed by atoms with E-state index < -0.39 is 24.4 Å². The third-order valence-electron chi connectivity index (χ3n) is 3.69. The molecule has 0 radical (unpaired) electrons. The molecule has 22 heavy (non-hydrogen) atoms. The van der Waals surface area contributed by atoms with Crippen molar-refractivity contribution in [2.24, 2.45) is 5.41 Å². The Kier molecular flexibility index (Phi) is 5.99. The van der Waals surface area contributed by atoms with Gasteiger partial charge < -0.3 is 5.11 Å². The highest BCUT2D eigenvalue weighted by Crippen LogP contribution is 2.45. The molecule has 1 unspecified atom stereocenters. The van der Waals surface area contributed by atoms with E-state index in [9.17, 15) is 13.9 Å². The fourth-order valence-corrected chi connectivity index (χ4v) is 4.37. The quantitative estimate of drug-likeness (QED) is 0.667. The maximum absolute atomic E-state index is 13.5. The van der Waals surface area contributed by atoms with E-state index in [1.165, 1.54) is 36.2 Å². The van der Waals surface area contributed by atoms with E-state index in [-0.39, 0.29) is 5.75 Å². The molecule has 1 heterocycles. The van der Waals surface area contributed by atoms with E-state index >= 15 is 0 Å². The second-order valence-electron chi connectivity index (χ2n) is 5.30. The normalized spacial score (nSPS) is 14.8. The molecule has 7 heteroatoms. The highest BCUT2D eigenvalue weighted by Gasteiger charge is 2.49. The number of aliphatic hydroxyl groups is 1. The van der Waals surface area contributed by atoms with Gasteiger partial charge in [-0.1, -0.05) is 22.9 Å². The zero-order valence-electron chi connectivity index (χ0n) is 11.9. The number of alkyl halides is 2. The summed E-state index contributed by atoms with van der Waals surface area (Å²) < 4.78 is 27.9. The average molecular weight is 408 g/mol. The molecule has 2 nitrogen and oxygen atoms in total. The lowest BCUT2D eigenvalue weighted by atomic mass is 9.75. The van der Waals surface area contributed by atoms with Gasteiger partial charge in [-0.3, -0.25) is 13.8 Å². The summed E-state index contributed by atoms with van der Waals surface area (Å²) in [4.78, 5) is 5.34. The van der Waals surface area contributed by atoms with Crippen LogP contribution < -0.4 is 0 Å². The minimum absolute atomic E-state index is 0.154. The van der Waals surface area contributed by atoms with Gasteiger partial charge in [-0.15, -0.1) is 23.1 Å². The molecule has 1 N–H and O–H groups in total. The van der Waals surface area contributed by atoms with Gasteiger partial charge in [0.2, 0.25) is 0 Å². The van der Waals surface area contributed by atoms with E-state index in [4.69, 9.17) is 0 Å². The van der Waals surface area contributed by atoms with Crippen molar-refractivity contribution in [3.8, 4) is 0 Å². The van der Waals surface area contributed by atoms with Crippen molar-refractivity contribution < 1.29 is 13.9 Å². The molecule has 0 aliphatic heterocycles. The van der Waals surface area contributed by atoms with E-state index in [1.807, 2.05) is 24.3 Å². The Morgan fingerprint density at radius 1 is 1.27 bits per heavy atom. The third-order valence-corrected chi connectivity index (χ3v) is 6.31. The van der Waals surface area contributed by atoms with E-state index in [0.717, 1.165) is 9.37 Å². The lowest BCUT2D eigenvalue weighted by molar-refractivity contribution is -0.0832. The van der Waals surface area contributed by atoms with E-state index in [2.05, 4.69) is 20.9 Å². The summed E-state index contributed by atoms with van der Waals surface area (Å²) in [5, 5.41) is 11.1. The lowest BCUT2D eigenvalue weighted by Gasteiger charge is -2.40. The number of rotatable bonds is 7. The van der Waals surface area contributed by atoms with Crippen LogP contribution in [0, 0.1) is 5.41 Å². The second-order valence-corrected chi connectivity index (χ2v) is 8.15. The summed E-state index contributed by atoms with van der Waals surface area (Å²) in [5.74, 6) is 0.154. The average Bonchev–Trinajstić information content (AvgIpc) is 3.08. The Hall–Kier alpha value is -0.500. The van der Waals surface area contributed by atoms with Crippen LogP contribution in [0.5, 0.6) is 0 Å². The maximum atomic E-state index is 13.5. The molecular weight excluding hydrogens is 392 g/mol. The molecule has 2 aromatic rings. The lowest BCUT2D eigenvalue weighted by Crippen LogP contribution is -2.48. The SMILES string of the molecule is CC(CF)(CF)C(O)(CSc1ccc(Br)cc1)c1cncs1. The first-order chi connectivity index (χ1) is 10.4. The molecule has 0 spiro atoms. The molecule has 0 saturated carbocycles. The van der Waals surface area contributed by atoms with Gasteiger partial charge in [0.15, 0.2) is 0 Å². The summed E-state index contributed by atoms with van der Waals surface area (Å²) >= 11 is 5.93. The Morgan fingerprint density at radius 2 is 1.91 bits per heavy atom. The summed E-state index contributed by atoms with van der Waals surface area (Å²) in [6, 6.07) is 7.56. The zero-order valence-corrected chi connectivity index (χ0v) is 15.1. The van der Waals surface area contributed by atoms with Crippen molar-refractivity contribution in [3.05, 3.63) is 45.3 Å². The molecule has 0 aliphatic rings. The number of thioether (sulfide) groups is 1. The van der Waals surface area contributed by atoms with E-state index in [0.29, 0.717) is 4.88 Å². The highest BCUT2D eigenvalue weighted by atomic mass is 79.9. The van der Waals surface area contributed by atoms with Gasteiger partial charge in [-0.25, -0.2) is 0 Å². The van der Waals surface area contributed by atoms with Gasteiger partial charge in [0.1, 0.15) is 19.0 Å². The van der Waals surface area contributed by atoms with Crippen LogP contribution in [0.3, 0.4) is 0 Å². The zero-order chi connectivity index (χ0) is 16.2. The van der Waals surface area contributed by atoms with Gasteiger partial charge in [0.05, 0.1) is 15.8 Å². The minimum Gasteiger partial charge on any atom is -0.383 e. The first-order valence-electron chi connectivity index (χ1n) is 6.57. The Balaban J connectivity index is 2.27. The standard InChI is InChI=1S/C15H16BrF2NOS2/c1-14(7-17,8-18)15(20,13-6-19-10-22-13)9-21-12-4-2-11(16)3-5-12/h2-6,10,20H,7-9H2,1H3. The number of hydrogen-bond donors (Lipinski definition) is 1. The fourth-order valence-electron chi connectivity index (χ4n) is 1.94. The van der Waals surface area contributed by atoms with Crippen LogP contribution in [0.4, 0.5) is 8.78 Å². The van der Waals surface area contributed by atoms with Crippen molar-refractivity contribution in [2.75, 3.05) is 19.1 Å². The first-order valence-corrected chi connectivity index (χ1v) is 9.23. The van der Waals surface area contributed by atoms with E-state index in [1.54, 1.807) is 5.51 Å². The van der Waals surface area contributed by atoms with Crippen molar-refractivity contribution >= 4 is 39.0 Å². The number of halogens is 3. The molecule has 0 bridgehead atoms. The number of aromatic nitrogens is 1. The topological polar surface area (TPSA) is 33.1 Å². The predicted molar refractivity (Wildman–Crippen MR) is 90.9 cm³/mol. The van der Waals surface area contributed by atoms with Gasteiger partial charge >= 0.3 is 0 Å². The number of thiazole rings is 1. The van der Waals surface area contributed by atoms with Crippen molar-refractivity contribution in [2.45, 2.75) is 17.4 Å². The number of hydrogen-bond acceptors (Lipinski definition) is 4. The predicted octanol–water partition coefficient (Wildman–Crippen LogP) is 4.83. The van der Waals surface area contributed by atoms with Crippen LogP contribution in [0.2, 0.25) is 0 Å². The smallest absolute Gasteiger partial charge is 0.120 e. The van der Waals surface area contributed by atoms with Crippen LogP contribution in [0.1, 0.15) is 11.8 Å². The van der Waals surface area contributed by atoms with Gasteiger partial charge in [-0.05, 0) is 24.3 Å². The van der Waals surface area contributed by atoms with Crippen molar-refractivity contribution in [3.63, 3.8) is 0 Å². The van der Waals surface area contributed by atoms with Crippen molar-refractivity contribution in [1.29, 1.82) is 0 Å². The van der Waals surface area contributed by atoms with Crippen LogP contribution in [0.15, 0.2) is 45.3 Å². The van der Waals surface area contributed by atoms with Gasteiger partial charge in [-0.2, -0.15) is 0 Å². The summed E-state index contributed by atoms with van der Waals surface area (Å²) in [7, 11) is 0. The molecule has 1 aromatic heterocycles. The molecule has 2 rings (SSSR count). The highest BCUT2D eigenvalue weighted by molar-refractivity contribution is 9.10. The van der Waals surface area contributed by atoms with Crippen LogP contribution >= 0.6 is 39.0 Å². The molecule has 1 aromatic carbocycles. The third kappa shape index (κ3) is 3.53. The molecule has 120 valence electrons. The summed E-state index contributed by atoms with van der Waals surface area (Å²) in [6.45, 7) is -0.466. The molecule has 0 amide bonds. The molecular formula is C15H16BrF2NOS2. The number of benzene rings is 1. The summed E-state index contributed by atoms with van der Waals surface area (Å²) in [6.07, 6.45) is 1.48. The van der Waals surface area contributed by atoms with Gasteiger partial charge in [0.25, 0.3) is 0 Å². The monoisotopic (exact) mass is 407 g/mol. The molecule has 0 saturated heterocycles. The molecule has 0 fully saturated rings. The molecule has 0 aliphatic carbocycles. The second kappa shape index (κ2) is 7.38. The van der Waals surface area contributed by atoms with Crippen LogP contribution in [0.25, 0.3) is 0 Å². The Labute approximate surface area is 145 Å². The first kappa shape index (κ1) is 17.8. The van der Waals surface area contributed by atoms with Gasteiger partial charge in [0, 0.05) is 21.3 Å². The number of nitrogens with zero attached hydrogens (tertiary/aromatic N) is 1. The molecule has 1 atom stereocenters. The van der Waals surface area contributed by atoms with Crippen LogP contribution in [-0.2, 0) is 5.60 Å².